The van der Waals surface area contributed by atoms with Gasteiger partial charge < -0.3 is 20.9 Å². The highest BCUT2D eigenvalue weighted by Crippen LogP contribution is 2.39. The summed E-state index contributed by atoms with van der Waals surface area (Å²) in [5.74, 6) is 0.950. The summed E-state index contributed by atoms with van der Waals surface area (Å²) in [6.07, 6.45) is 0.837. The molecule has 2 fully saturated rings. The molecule has 3 aliphatic heterocycles. The number of carbonyl (C=O) groups is 2. The predicted molar refractivity (Wildman–Crippen MR) is 102 cm³/mol. The Balaban J connectivity index is 1.36. The minimum Gasteiger partial charge on any atom is -0.364 e. The molecule has 6 nitrogen and oxygen atoms in total. The molecule has 3 aliphatic rings. The number of thioether (sulfide) groups is 2. The maximum atomic E-state index is 12.8. The molecule has 25 heavy (non-hydrogen) atoms. The lowest BCUT2D eigenvalue weighted by atomic mass is 10.0. The van der Waals surface area contributed by atoms with Gasteiger partial charge in [-0.1, -0.05) is 23.9 Å². The van der Waals surface area contributed by atoms with Crippen LogP contribution in [-0.4, -0.2) is 59.4 Å². The van der Waals surface area contributed by atoms with Gasteiger partial charge in [0.05, 0.1) is 11.3 Å². The monoisotopic (exact) mass is 378 g/mol. The van der Waals surface area contributed by atoms with E-state index in [1.165, 1.54) is 11.8 Å². The molecule has 4 rings (SSSR count). The first-order valence-corrected chi connectivity index (χ1v) is 10.6. The molecule has 8 heteroatoms. The maximum Gasteiger partial charge on any atom is 0.254 e. The van der Waals surface area contributed by atoms with Gasteiger partial charge in [0.15, 0.2) is 5.37 Å². The molecule has 0 saturated carbocycles. The summed E-state index contributed by atoms with van der Waals surface area (Å²) in [7, 11) is 0. The zero-order valence-corrected chi connectivity index (χ0v) is 15.5. The first-order chi connectivity index (χ1) is 12.2. The van der Waals surface area contributed by atoms with E-state index in [1.54, 1.807) is 11.8 Å². The topological polar surface area (TPSA) is 73.5 Å². The van der Waals surface area contributed by atoms with Crippen molar-refractivity contribution in [2.75, 3.05) is 37.2 Å². The summed E-state index contributed by atoms with van der Waals surface area (Å²) < 4.78 is 0. The second-order valence-corrected chi connectivity index (χ2v) is 8.81. The van der Waals surface area contributed by atoms with Gasteiger partial charge in [-0.15, -0.1) is 11.8 Å². The molecule has 3 heterocycles. The lowest BCUT2D eigenvalue weighted by Gasteiger charge is -2.31. The van der Waals surface area contributed by atoms with Gasteiger partial charge in [0.2, 0.25) is 5.91 Å². The third-order valence-electron chi connectivity index (χ3n) is 4.78. The smallest absolute Gasteiger partial charge is 0.254 e. The van der Waals surface area contributed by atoms with Crippen LogP contribution >= 0.6 is 23.5 Å². The third-order valence-corrected chi connectivity index (χ3v) is 7.23. The Labute approximate surface area is 155 Å². The highest BCUT2D eigenvalue weighted by atomic mass is 32.2. The number of benzene rings is 1. The predicted octanol–water partition coefficient (Wildman–Crippen LogP) is 1.16. The molecule has 0 aliphatic carbocycles. The number of hydrogen-bond acceptors (Lipinski definition) is 6. The number of nitrogens with one attached hydrogen (secondary N) is 3. The van der Waals surface area contributed by atoms with Crippen LogP contribution in [0.25, 0.3) is 0 Å². The molecule has 2 amide bonds. The van der Waals surface area contributed by atoms with Crippen molar-refractivity contribution in [2.45, 2.75) is 22.1 Å². The average molecular weight is 379 g/mol. The number of hydrogen-bond donors (Lipinski definition) is 3. The normalized spacial score (nSPS) is 28.3. The number of para-hydroxylation sites is 1. The van der Waals surface area contributed by atoms with Gasteiger partial charge in [0.1, 0.15) is 0 Å². The Kier molecular flexibility index (Phi) is 5.10. The van der Waals surface area contributed by atoms with Crippen molar-refractivity contribution in [3.05, 3.63) is 24.3 Å². The number of amides is 2. The van der Waals surface area contributed by atoms with E-state index >= 15 is 0 Å². The summed E-state index contributed by atoms with van der Waals surface area (Å²) in [4.78, 5) is 28.5. The van der Waals surface area contributed by atoms with Crippen molar-refractivity contribution >= 4 is 41.0 Å². The van der Waals surface area contributed by atoms with Gasteiger partial charge in [-0.25, -0.2) is 0 Å². The molecule has 0 aromatic heterocycles. The van der Waals surface area contributed by atoms with Gasteiger partial charge in [-0.2, -0.15) is 0 Å². The molecule has 134 valence electrons. The molecule has 3 N–H and O–H groups in total. The first-order valence-electron chi connectivity index (χ1n) is 8.66. The van der Waals surface area contributed by atoms with Crippen LogP contribution in [0, 0.1) is 5.92 Å². The Morgan fingerprint density at radius 2 is 2.00 bits per heavy atom. The van der Waals surface area contributed by atoms with E-state index in [2.05, 4.69) is 16.0 Å². The van der Waals surface area contributed by atoms with Crippen LogP contribution < -0.4 is 16.0 Å². The van der Waals surface area contributed by atoms with Gasteiger partial charge in [0, 0.05) is 36.8 Å². The molecule has 3 atom stereocenters. The highest BCUT2D eigenvalue weighted by Gasteiger charge is 2.39. The number of fused-ring (bicyclic) bond motifs is 1. The van der Waals surface area contributed by atoms with Crippen LogP contribution in [0.3, 0.4) is 0 Å². The molecule has 0 spiro atoms. The quantitative estimate of drug-likeness (QED) is 0.733. The Hall–Kier alpha value is -1.38. The third kappa shape index (κ3) is 3.61. The average Bonchev–Trinajstić information content (AvgIpc) is 3.28. The fourth-order valence-electron chi connectivity index (χ4n) is 3.43. The summed E-state index contributed by atoms with van der Waals surface area (Å²) in [6.45, 7) is 3.22. The molecular formula is C17H22N4O2S2. The lowest BCUT2D eigenvalue weighted by molar-refractivity contribution is -0.136. The lowest BCUT2D eigenvalue weighted by Crippen LogP contribution is -2.52. The minimum atomic E-state index is -0.325. The highest BCUT2D eigenvalue weighted by molar-refractivity contribution is 8.01. The van der Waals surface area contributed by atoms with Crippen LogP contribution in [-0.2, 0) is 9.59 Å². The number of nitrogens with zero attached hydrogens (tertiary/aromatic N) is 1. The van der Waals surface area contributed by atoms with Crippen LogP contribution in [0.5, 0.6) is 0 Å². The molecule has 1 aromatic rings. The minimum absolute atomic E-state index is 0.0429. The van der Waals surface area contributed by atoms with Crippen molar-refractivity contribution in [3.8, 4) is 0 Å². The van der Waals surface area contributed by atoms with Crippen LogP contribution in [0.2, 0.25) is 0 Å². The number of carbonyl (C=O) groups excluding carboxylic acids is 2. The van der Waals surface area contributed by atoms with E-state index in [-0.39, 0.29) is 28.5 Å². The Morgan fingerprint density at radius 1 is 1.20 bits per heavy atom. The summed E-state index contributed by atoms with van der Waals surface area (Å²) in [5.41, 5.74) is 1.00. The van der Waals surface area contributed by atoms with Crippen molar-refractivity contribution in [1.29, 1.82) is 0 Å². The number of anilines is 1. The summed E-state index contributed by atoms with van der Waals surface area (Å²) >= 11 is 3.21. The van der Waals surface area contributed by atoms with E-state index in [4.69, 9.17) is 0 Å². The van der Waals surface area contributed by atoms with E-state index in [0.29, 0.717) is 0 Å². The molecular weight excluding hydrogens is 356 g/mol. The standard InChI is InChI=1S/C17H22N4O2S2/c22-14(16-19-12-3-1-2-4-13(12)25-16)20-15-11(5-10-24-15)17(23)21-8-6-18-7-9-21/h1-4,11,15-16,18-19H,5-10H2,(H,20,22). The van der Waals surface area contributed by atoms with Crippen molar-refractivity contribution < 1.29 is 9.59 Å². The second kappa shape index (κ2) is 7.47. The van der Waals surface area contributed by atoms with E-state index < -0.39 is 0 Å². The van der Waals surface area contributed by atoms with Gasteiger partial charge in [-0.05, 0) is 24.3 Å². The fraction of sp³-hybridized carbons (Fsp3) is 0.529. The van der Waals surface area contributed by atoms with E-state index in [1.807, 2.05) is 29.2 Å². The molecule has 1 aromatic carbocycles. The zero-order valence-electron chi connectivity index (χ0n) is 13.9. The van der Waals surface area contributed by atoms with Gasteiger partial charge >= 0.3 is 0 Å². The van der Waals surface area contributed by atoms with E-state index in [0.717, 1.165) is 48.9 Å². The Bertz CT molecular complexity index is 641. The zero-order chi connectivity index (χ0) is 17.2. The van der Waals surface area contributed by atoms with Gasteiger partial charge in [-0.3, -0.25) is 9.59 Å². The van der Waals surface area contributed by atoms with Crippen LogP contribution in [0.1, 0.15) is 6.42 Å². The first kappa shape index (κ1) is 17.1. The second-order valence-electron chi connectivity index (χ2n) is 6.41. The summed E-state index contributed by atoms with van der Waals surface area (Å²) in [6, 6.07) is 7.93. The van der Waals surface area contributed by atoms with Crippen molar-refractivity contribution in [3.63, 3.8) is 0 Å². The van der Waals surface area contributed by atoms with Crippen LogP contribution in [0.4, 0.5) is 5.69 Å². The van der Waals surface area contributed by atoms with Gasteiger partial charge in [0.25, 0.3) is 5.91 Å². The molecule has 2 saturated heterocycles. The maximum absolute atomic E-state index is 12.8. The van der Waals surface area contributed by atoms with Crippen molar-refractivity contribution in [2.24, 2.45) is 5.92 Å². The largest absolute Gasteiger partial charge is 0.364 e. The molecule has 0 radical (unpaired) electrons. The van der Waals surface area contributed by atoms with Crippen molar-refractivity contribution in [1.82, 2.24) is 15.5 Å². The van der Waals surface area contributed by atoms with Crippen LogP contribution in [0.15, 0.2) is 29.2 Å². The summed E-state index contributed by atoms with van der Waals surface area (Å²) in [5, 5.41) is 9.18. The Morgan fingerprint density at radius 3 is 2.80 bits per heavy atom. The fourth-order valence-corrected chi connectivity index (χ4v) is 5.78. The SMILES string of the molecule is O=C(NC1SCCC1C(=O)N1CCNCC1)C1Nc2ccccc2S1. The molecule has 3 unspecified atom stereocenters. The molecule has 0 bridgehead atoms. The number of piperazine rings is 1. The van der Waals surface area contributed by atoms with E-state index in [9.17, 15) is 9.59 Å². The number of rotatable bonds is 3.